The van der Waals surface area contributed by atoms with Crippen LogP contribution in [0.1, 0.15) is 42.9 Å². The second kappa shape index (κ2) is 14.5. The number of nitrogens with zero attached hydrogens (tertiary/aromatic N) is 2. The summed E-state index contributed by atoms with van der Waals surface area (Å²) in [6, 6.07) is 25.9. The minimum atomic E-state index is -3.53. The van der Waals surface area contributed by atoms with E-state index in [-0.39, 0.29) is 31.3 Å². The zero-order valence-electron chi connectivity index (χ0n) is 23.0. The van der Waals surface area contributed by atoms with Crippen LogP contribution in [0.25, 0.3) is 0 Å². The summed E-state index contributed by atoms with van der Waals surface area (Å²) < 4.78 is 26.4. The molecule has 0 bridgehead atoms. The van der Waals surface area contributed by atoms with Gasteiger partial charge < -0.3 is 10.2 Å². The lowest BCUT2D eigenvalue weighted by atomic mass is 10.0. The minimum absolute atomic E-state index is 0.108. The van der Waals surface area contributed by atoms with Crippen LogP contribution in [0.5, 0.6) is 0 Å². The topological polar surface area (TPSA) is 86.8 Å². The highest BCUT2D eigenvalue weighted by Gasteiger charge is 2.30. The van der Waals surface area contributed by atoms with Gasteiger partial charge >= 0.3 is 0 Å². The number of anilines is 1. The van der Waals surface area contributed by atoms with E-state index in [2.05, 4.69) is 5.32 Å². The Morgan fingerprint density at radius 1 is 0.872 bits per heavy atom. The quantitative estimate of drug-likeness (QED) is 0.316. The van der Waals surface area contributed by atoms with Crippen molar-refractivity contribution in [2.75, 3.05) is 23.7 Å². The van der Waals surface area contributed by atoms with Crippen LogP contribution >= 0.6 is 0 Å². The summed E-state index contributed by atoms with van der Waals surface area (Å²) in [6.07, 6.45) is 2.77. The third kappa shape index (κ3) is 9.25. The molecule has 0 aliphatic heterocycles. The van der Waals surface area contributed by atoms with Gasteiger partial charge in [0.05, 0.1) is 11.9 Å². The SMILES string of the molecule is CCCNC(=O)[C@@H](Cc1ccccc1)N(Cc1ccccc1)C(=O)CCCN(c1ccc(C)cc1)S(C)(=O)=O. The van der Waals surface area contributed by atoms with Gasteiger partial charge in [-0.3, -0.25) is 13.9 Å². The number of hydrogen-bond acceptors (Lipinski definition) is 4. The highest BCUT2D eigenvalue weighted by molar-refractivity contribution is 7.92. The number of carbonyl (C=O) groups is 2. The number of nitrogens with one attached hydrogen (secondary N) is 1. The Kier molecular flexibility index (Phi) is 11.1. The first-order valence-corrected chi connectivity index (χ1v) is 15.2. The molecule has 8 heteroatoms. The molecule has 1 N–H and O–H groups in total. The summed E-state index contributed by atoms with van der Waals surface area (Å²) in [7, 11) is -3.53. The summed E-state index contributed by atoms with van der Waals surface area (Å²) in [6.45, 7) is 4.90. The fourth-order valence-electron chi connectivity index (χ4n) is 4.42. The molecule has 3 aromatic carbocycles. The van der Waals surface area contributed by atoms with Gasteiger partial charge in [-0.1, -0.05) is 85.3 Å². The lowest BCUT2D eigenvalue weighted by Gasteiger charge is -2.32. The Morgan fingerprint density at radius 3 is 2.03 bits per heavy atom. The second-order valence-electron chi connectivity index (χ2n) is 9.78. The van der Waals surface area contributed by atoms with Crippen LogP contribution < -0.4 is 9.62 Å². The van der Waals surface area contributed by atoms with Gasteiger partial charge in [-0.05, 0) is 43.0 Å². The molecule has 3 rings (SSSR count). The Bertz CT molecular complexity index is 1300. The summed E-state index contributed by atoms with van der Waals surface area (Å²) in [5.74, 6) is -0.383. The van der Waals surface area contributed by atoms with Gasteiger partial charge in [-0.15, -0.1) is 0 Å². The number of aryl methyl sites for hydroxylation is 1. The normalized spacial score (nSPS) is 12.0. The van der Waals surface area contributed by atoms with E-state index in [0.717, 1.165) is 23.1 Å². The van der Waals surface area contributed by atoms with E-state index in [1.807, 2.05) is 86.6 Å². The largest absolute Gasteiger partial charge is 0.354 e. The van der Waals surface area contributed by atoms with Crippen molar-refractivity contribution in [3.8, 4) is 0 Å². The molecule has 0 fully saturated rings. The van der Waals surface area contributed by atoms with E-state index in [0.29, 0.717) is 25.1 Å². The molecular formula is C31H39N3O4S. The summed E-state index contributed by atoms with van der Waals surface area (Å²) >= 11 is 0. The molecule has 0 radical (unpaired) electrons. The van der Waals surface area contributed by atoms with Crippen LogP contribution in [0.15, 0.2) is 84.9 Å². The van der Waals surface area contributed by atoms with E-state index < -0.39 is 16.1 Å². The summed E-state index contributed by atoms with van der Waals surface area (Å²) in [4.78, 5) is 28.8. The zero-order valence-corrected chi connectivity index (χ0v) is 23.9. The van der Waals surface area contributed by atoms with Crippen molar-refractivity contribution in [3.05, 3.63) is 102 Å². The Hall–Kier alpha value is -3.65. The maximum absolute atomic E-state index is 13.7. The Morgan fingerprint density at radius 2 is 1.46 bits per heavy atom. The van der Waals surface area contributed by atoms with Gasteiger partial charge in [-0.2, -0.15) is 0 Å². The van der Waals surface area contributed by atoms with E-state index in [9.17, 15) is 18.0 Å². The first-order chi connectivity index (χ1) is 18.7. The van der Waals surface area contributed by atoms with Crippen molar-refractivity contribution in [1.29, 1.82) is 0 Å². The maximum atomic E-state index is 13.7. The van der Waals surface area contributed by atoms with Crippen LogP contribution in [-0.2, 0) is 32.6 Å². The van der Waals surface area contributed by atoms with Gasteiger partial charge in [0.25, 0.3) is 0 Å². The van der Waals surface area contributed by atoms with E-state index in [1.54, 1.807) is 17.0 Å². The molecule has 208 valence electrons. The number of rotatable bonds is 14. The van der Waals surface area contributed by atoms with Gasteiger partial charge in [0, 0.05) is 32.5 Å². The van der Waals surface area contributed by atoms with Crippen LogP contribution in [0.3, 0.4) is 0 Å². The van der Waals surface area contributed by atoms with Crippen LogP contribution in [0.2, 0.25) is 0 Å². The Balaban J connectivity index is 1.84. The highest BCUT2D eigenvalue weighted by Crippen LogP contribution is 2.20. The molecule has 0 saturated heterocycles. The Labute approximate surface area is 232 Å². The smallest absolute Gasteiger partial charge is 0.243 e. The summed E-state index contributed by atoms with van der Waals surface area (Å²) in [5.41, 5.74) is 3.48. The molecule has 0 unspecified atom stereocenters. The molecule has 3 aromatic rings. The molecule has 0 aliphatic carbocycles. The molecule has 0 spiro atoms. The number of benzene rings is 3. The van der Waals surface area contributed by atoms with Crippen LogP contribution in [-0.4, -0.2) is 50.5 Å². The molecule has 7 nitrogen and oxygen atoms in total. The molecule has 0 saturated carbocycles. The minimum Gasteiger partial charge on any atom is -0.354 e. The van der Waals surface area contributed by atoms with Gasteiger partial charge in [0.2, 0.25) is 21.8 Å². The molecular weight excluding hydrogens is 510 g/mol. The molecule has 0 aliphatic rings. The lowest BCUT2D eigenvalue weighted by molar-refractivity contribution is -0.141. The fourth-order valence-corrected chi connectivity index (χ4v) is 5.38. The first kappa shape index (κ1) is 29.9. The summed E-state index contributed by atoms with van der Waals surface area (Å²) in [5, 5.41) is 2.97. The molecule has 0 heterocycles. The third-order valence-electron chi connectivity index (χ3n) is 6.49. The van der Waals surface area contributed by atoms with Crippen LogP contribution in [0, 0.1) is 6.92 Å². The van der Waals surface area contributed by atoms with Crippen molar-refractivity contribution >= 4 is 27.5 Å². The highest BCUT2D eigenvalue weighted by atomic mass is 32.2. The van der Waals surface area contributed by atoms with Gasteiger partial charge in [0.1, 0.15) is 6.04 Å². The van der Waals surface area contributed by atoms with Crippen molar-refractivity contribution in [2.45, 2.75) is 52.1 Å². The fraction of sp³-hybridized carbons (Fsp3) is 0.355. The number of amides is 2. The van der Waals surface area contributed by atoms with E-state index in [1.165, 1.54) is 10.6 Å². The first-order valence-electron chi connectivity index (χ1n) is 13.4. The van der Waals surface area contributed by atoms with E-state index in [4.69, 9.17) is 0 Å². The van der Waals surface area contributed by atoms with Crippen molar-refractivity contribution in [2.24, 2.45) is 0 Å². The average Bonchev–Trinajstić information content (AvgIpc) is 2.92. The maximum Gasteiger partial charge on any atom is 0.243 e. The standard InChI is InChI=1S/C31H39N3O4S/c1-4-21-32-31(36)29(23-26-12-7-5-8-13-26)33(24-27-14-9-6-10-15-27)30(35)16-11-22-34(39(3,37)38)28-19-17-25(2)18-20-28/h5-10,12-15,17-20,29H,4,11,16,21-24H2,1-3H3,(H,32,36)/t29-/m1/s1. The molecule has 2 amide bonds. The van der Waals surface area contributed by atoms with Crippen molar-refractivity contribution in [1.82, 2.24) is 10.2 Å². The van der Waals surface area contributed by atoms with Crippen LogP contribution in [0.4, 0.5) is 5.69 Å². The second-order valence-corrected chi connectivity index (χ2v) is 11.7. The predicted molar refractivity (Wildman–Crippen MR) is 157 cm³/mol. The van der Waals surface area contributed by atoms with Crippen molar-refractivity contribution < 1.29 is 18.0 Å². The third-order valence-corrected chi connectivity index (χ3v) is 7.68. The average molecular weight is 550 g/mol. The lowest BCUT2D eigenvalue weighted by Crippen LogP contribution is -2.50. The predicted octanol–water partition coefficient (Wildman–Crippen LogP) is 4.71. The zero-order chi connectivity index (χ0) is 28.3. The molecule has 1 atom stereocenters. The monoisotopic (exact) mass is 549 g/mol. The van der Waals surface area contributed by atoms with Gasteiger partial charge in [-0.25, -0.2) is 8.42 Å². The number of hydrogen-bond donors (Lipinski definition) is 1. The molecule has 0 aromatic heterocycles. The van der Waals surface area contributed by atoms with E-state index >= 15 is 0 Å². The van der Waals surface area contributed by atoms with Gasteiger partial charge in [0.15, 0.2) is 0 Å². The molecule has 39 heavy (non-hydrogen) atoms. The van der Waals surface area contributed by atoms with Crippen molar-refractivity contribution in [3.63, 3.8) is 0 Å². The number of carbonyl (C=O) groups excluding carboxylic acids is 2. The number of sulfonamides is 1.